The Morgan fingerprint density at radius 3 is 2.71 bits per heavy atom. The topological polar surface area (TPSA) is 63.8 Å². The minimum atomic E-state index is -0.864. The lowest BCUT2D eigenvalue weighted by molar-refractivity contribution is -0.136. The van der Waals surface area contributed by atoms with E-state index in [1.807, 2.05) is 41.0 Å². The number of hydrogen-bond acceptors (Lipinski definition) is 4. The van der Waals surface area contributed by atoms with Gasteiger partial charge in [-0.1, -0.05) is 0 Å². The number of aryl methyl sites for hydroxylation is 1. The molecule has 2 heterocycles. The van der Waals surface area contributed by atoms with Crippen LogP contribution in [-0.4, -0.2) is 27.6 Å². The van der Waals surface area contributed by atoms with Gasteiger partial charge in [0, 0.05) is 16.6 Å². The summed E-state index contributed by atoms with van der Waals surface area (Å²) in [5, 5.41) is 11.1. The van der Waals surface area contributed by atoms with E-state index in [-0.39, 0.29) is 6.42 Å². The van der Waals surface area contributed by atoms with Crippen LogP contribution in [0.1, 0.15) is 11.4 Å². The SMILES string of the molecule is COc1ccc(-c2nc3scc(C)n3c2CC(=O)O)cc1. The average Bonchev–Trinajstić information content (AvgIpc) is 3.00. The number of carboxylic acids is 1. The molecule has 0 fully saturated rings. The van der Waals surface area contributed by atoms with Gasteiger partial charge in [-0.05, 0) is 31.2 Å². The number of aromatic nitrogens is 2. The quantitative estimate of drug-likeness (QED) is 0.804. The number of nitrogens with zero attached hydrogens (tertiary/aromatic N) is 2. The number of aliphatic carboxylic acids is 1. The van der Waals surface area contributed by atoms with Gasteiger partial charge in [0.1, 0.15) is 5.75 Å². The highest BCUT2D eigenvalue weighted by atomic mass is 32.1. The molecule has 1 aromatic carbocycles. The summed E-state index contributed by atoms with van der Waals surface area (Å²) in [6.45, 7) is 1.95. The van der Waals surface area contributed by atoms with Crippen molar-refractivity contribution >= 4 is 22.3 Å². The number of benzene rings is 1. The molecule has 0 radical (unpaired) electrons. The summed E-state index contributed by atoms with van der Waals surface area (Å²) >= 11 is 1.51. The Bertz CT molecular complexity index is 802. The van der Waals surface area contributed by atoms with E-state index < -0.39 is 5.97 Å². The highest BCUT2D eigenvalue weighted by molar-refractivity contribution is 7.15. The standard InChI is InChI=1S/C15H14N2O3S/c1-9-8-21-15-16-14(12(17(9)15)7-13(18)19)10-3-5-11(20-2)6-4-10/h3-6,8H,7H2,1-2H3,(H,18,19). The highest BCUT2D eigenvalue weighted by Gasteiger charge is 2.18. The molecule has 0 aliphatic carbocycles. The van der Waals surface area contributed by atoms with Gasteiger partial charge < -0.3 is 9.84 Å². The molecule has 5 nitrogen and oxygen atoms in total. The van der Waals surface area contributed by atoms with E-state index in [9.17, 15) is 4.79 Å². The van der Waals surface area contributed by atoms with E-state index >= 15 is 0 Å². The summed E-state index contributed by atoms with van der Waals surface area (Å²) in [5.41, 5.74) is 3.32. The van der Waals surface area contributed by atoms with Crippen LogP contribution >= 0.6 is 11.3 Å². The molecule has 6 heteroatoms. The Balaban J connectivity index is 2.17. The number of ether oxygens (including phenoxy) is 1. The number of rotatable bonds is 4. The average molecular weight is 302 g/mol. The Kier molecular flexibility index (Phi) is 3.39. The zero-order valence-corrected chi connectivity index (χ0v) is 12.5. The Morgan fingerprint density at radius 1 is 1.38 bits per heavy atom. The molecule has 3 aromatic rings. The number of thiazole rings is 1. The molecule has 0 amide bonds. The van der Waals surface area contributed by atoms with Crippen LogP contribution in [0.2, 0.25) is 0 Å². The van der Waals surface area contributed by atoms with E-state index in [0.29, 0.717) is 5.69 Å². The van der Waals surface area contributed by atoms with Crippen molar-refractivity contribution in [2.75, 3.05) is 7.11 Å². The number of carbonyl (C=O) groups is 1. The maximum absolute atomic E-state index is 11.2. The van der Waals surface area contributed by atoms with Crippen LogP contribution in [0.5, 0.6) is 5.75 Å². The highest BCUT2D eigenvalue weighted by Crippen LogP contribution is 2.29. The maximum Gasteiger partial charge on any atom is 0.309 e. The van der Waals surface area contributed by atoms with Gasteiger partial charge in [0.15, 0.2) is 4.96 Å². The van der Waals surface area contributed by atoms with E-state index in [2.05, 4.69) is 4.98 Å². The first kappa shape index (κ1) is 13.6. The fraction of sp³-hybridized carbons (Fsp3) is 0.200. The zero-order valence-electron chi connectivity index (χ0n) is 11.7. The normalized spacial score (nSPS) is 11.0. The van der Waals surface area contributed by atoms with Crippen LogP contribution < -0.4 is 4.74 Å². The molecule has 0 aliphatic heterocycles. The van der Waals surface area contributed by atoms with Gasteiger partial charge >= 0.3 is 5.97 Å². The van der Waals surface area contributed by atoms with E-state index in [1.54, 1.807) is 7.11 Å². The van der Waals surface area contributed by atoms with Crippen LogP contribution in [-0.2, 0) is 11.2 Å². The number of fused-ring (bicyclic) bond motifs is 1. The summed E-state index contributed by atoms with van der Waals surface area (Å²) in [6, 6.07) is 7.48. The van der Waals surface area contributed by atoms with Crippen LogP contribution in [0.25, 0.3) is 16.2 Å². The summed E-state index contributed by atoms with van der Waals surface area (Å²) in [6.07, 6.45) is -0.0555. The first-order valence-corrected chi connectivity index (χ1v) is 7.29. The molecule has 0 aliphatic rings. The predicted molar refractivity (Wildman–Crippen MR) is 81.1 cm³/mol. The second-order valence-corrected chi connectivity index (χ2v) is 5.54. The van der Waals surface area contributed by atoms with E-state index in [1.165, 1.54) is 11.3 Å². The zero-order chi connectivity index (χ0) is 15.0. The van der Waals surface area contributed by atoms with Crippen molar-refractivity contribution < 1.29 is 14.6 Å². The third-order valence-corrected chi connectivity index (χ3v) is 4.26. The molecule has 0 unspecified atom stereocenters. The van der Waals surface area contributed by atoms with Crippen molar-refractivity contribution in [2.24, 2.45) is 0 Å². The fourth-order valence-corrected chi connectivity index (χ4v) is 3.24. The number of carboxylic acid groups (broad SMARTS) is 1. The maximum atomic E-state index is 11.2. The molecule has 21 heavy (non-hydrogen) atoms. The first-order chi connectivity index (χ1) is 10.1. The fourth-order valence-electron chi connectivity index (χ4n) is 2.35. The van der Waals surface area contributed by atoms with E-state index in [0.717, 1.165) is 27.7 Å². The van der Waals surface area contributed by atoms with Crippen LogP contribution in [0.3, 0.4) is 0 Å². The molecule has 2 aromatic heterocycles. The molecule has 0 bridgehead atoms. The smallest absolute Gasteiger partial charge is 0.309 e. The lowest BCUT2D eigenvalue weighted by Gasteiger charge is -2.04. The molecular formula is C15H14N2O3S. The van der Waals surface area contributed by atoms with Crippen LogP contribution in [0, 0.1) is 6.92 Å². The Hall–Kier alpha value is -2.34. The molecule has 0 spiro atoms. The summed E-state index contributed by atoms with van der Waals surface area (Å²) in [4.78, 5) is 16.6. The van der Waals surface area contributed by atoms with E-state index in [4.69, 9.17) is 9.84 Å². The second-order valence-electron chi connectivity index (χ2n) is 4.70. The van der Waals surface area contributed by atoms with Crippen molar-refractivity contribution in [2.45, 2.75) is 13.3 Å². The van der Waals surface area contributed by atoms with Gasteiger partial charge in [-0.15, -0.1) is 11.3 Å². The van der Waals surface area contributed by atoms with Crippen molar-refractivity contribution in [3.8, 4) is 17.0 Å². The lowest BCUT2D eigenvalue weighted by atomic mass is 10.1. The number of imidazole rings is 1. The molecule has 0 saturated heterocycles. The van der Waals surface area contributed by atoms with Crippen molar-refractivity contribution in [3.63, 3.8) is 0 Å². The van der Waals surface area contributed by atoms with Crippen molar-refractivity contribution in [1.29, 1.82) is 0 Å². The van der Waals surface area contributed by atoms with Gasteiger partial charge in [0.25, 0.3) is 0 Å². The minimum Gasteiger partial charge on any atom is -0.497 e. The first-order valence-electron chi connectivity index (χ1n) is 6.42. The summed E-state index contributed by atoms with van der Waals surface area (Å²) in [7, 11) is 1.61. The van der Waals surface area contributed by atoms with Crippen LogP contribution in [0.4, 0.5) is 0 Å². The molecule has 3 rings (SSSR count). The monoisotopic (exact) mass is 302 g/mol. The Labute approximate surface area is 125 Å². The minimum absolute atomic E-state index is 0.0555. The van der Waals surface area contributed by atoms with Crippen molar-refractivity contribution in [1.82, 2.24) is 9.38 Å². The number of methoxy groups -OCH3 is 1. The largest absolute Gasteiger partial charge is 0.497 e. The lowest BCUT2D eigenvalue weighted by Crippen LogP contribution is -2.05. The summed E-state index contributed by atoms with van der Waals surface area (Å²) in [5.74, 6) is -0.104. The molecular weight excluding hydrogens is 288 g/mol. The molecule has 1 N–H and O–H groups in total. The predicted octanol–water partition coefficient (Wildman–Crippen LogP) is 3.01. The molecule has 0 saturated carbocycles. The third-order valence-electron chi connectivity index (χ3n) is 3.31. The van der Waals surface area contributed by atoms with Gasteiger partial charge in [0.2, 0.25) is 0 Å². The molecule has 108 valence electrons. The van der Waals surface area contributed by atoms with Crippen molar-refractivity contribution in [3.05, 3.63) is 41.0 Å². The van der Waals surface area contributed by atoms with Gasteiger partial charge in [0.05, 0.1) is 24.9 Å². The van der Waals surface area contributed by atoms with Gasteiger partial charge in [-0.2, -0.15) is 0 Å². The molecule has 0 atom stereocenters. The van der Waals surface area contributed by atoms with Gasteiger partial charge in [-0.25, -0.2) is 4.98 Å². The third kappa shape index (κ3) is 2.38. The summed E-state index contributed by atoms with van der Waals surface area (Å²) < 4.78 is 7.06. The van der Waals surface area contributed by atoms with Crippen LogP contribution in [0.15, 0.2) is 29.6 Å². The number of hydrogen-bond donors (Lipinski definition) is 1. The Morgan fingerprint density at radius 2 is 2.10 bits per heavy atom. The second kappa shape index (κ2) is 5.21. The van der Waals surface area contributed by atoms with Gasteiger partial charge in [-0.3, -0.25) is 9.20 Å².